The molecule has 122 valence electrons. The van der Waals surface area contributed by atoms with Crippen LogP contribution < -0.4 is 4.90 Å². The minimum atomic E-state index is -0.0259. The van der Waals surface area contributed by atoms with Crippen molar-refractivity contribution in [3.63, 3.8) is 0 Å². The Kier molecular flexibility index (Phi) is 4.52. The number of amides is 1. The van der Waals surface area contributed by atoms with Crippen LogP contribution in [0.25, 0.3) is 0 Å². The molecule has 0 atom stereocenters. The third-order valence-electron chi connectivity index (χ3n) is 3.95. The Morgan fingerprint density at radius 1 is 0.917 bits per heavy atom. The van der Waals surface area contributed by atoms with Crippen LogP contribution in [-0.4, -0.2) is 5.91 Å². The topological polar surface area (TPSA) is 33.5 Å². The molecule has 0 radical (unpaired) electrons. The van der Waals surface area contributed by atoms with Gasteiger partial charge in [0.05, 0.1) is 12.8 Å². The molecule has 0 spiro atoms. The summed E-state index contributed by atoms with van der Waals surface area (Å²) in [5.74, 6) is 0.732. The van der Waals surface area contributed by atoms with Crippen LogP contribution >= 0.6 is 0 Å². The minimum absolute atomic E-state index is 0.0259. The molecule has 0 aliphatic heterocycles. The molecule has 3 heteroatoms. The first kappa shape index (κ1) is 16.1. The molecule has 2 aromatic carbocycles. The van der Waals surface area contributed by atoms with Crippen LogP contribution in [0, 0.1) is 20.8 Å². The van der Waals surface area contributed by atoms with Gasteiger partial charge in [-0.05, 0) is 57.2 Å². The van der Waals surface area contributed by atoms with Crippen LogP contribution in [0.3, 0.4) is 0 Å². The number of benzene rings is 2. The van der Waals surface area contributed by atoms with E-state index in [0.29, 0.717) is 12.1 Å². The van der Waals surface area contributed by atoms with Gasteiger partial charge in [0.15, 0.2) is 0 Å². The van der Waals surface area contributed by atoms with Crippen LogP contribution in [0.4, 0.5) is 5.69 Å². The Hall–Kier alpha value is -2.81. The van der Waals surface area contributed by atoms with Crippen molar-refractivity contribution in [2.75, 3.05) is 4.90 Å². The quantitative estimate of drug-likeness (QED) is 0.674. The molecule has 3 aromatic rings. The fourth-order valence-corrected chi connectivity index (χ4v) is 2.82. The van der Waals surface area contributed by atoms with E-state index >= 15 is 0 Å². The first-order valence-corrected chi connectivity index (χ1v) is 8.02. The highest BCUT2D eigenvalue weighted by Crippen LogP contribution is 2.22. The van der Waals surface area contributed by atoms with Crippen molar-refractivity contribution in [1.29, 1.82) is 0 Å². The fraction of sp³-hybridized carbons (Fsp3) is 0.190. The van der Waals surface area contributed by atoms with Gasteiger partial charge in [0, 0.05) is 11.3 Å². The second-order valence-corrected chi connectivity index (χ2v) is 6.18. The molecule has 0 saturated heterocycles. The first-order chi connectivity index (χ1) is 11.5. The summed E-state index contributed by atoms with van der Waals surface area (Å²) in [7, 11) is 0. The summed E-state index contributed by atoms with van der Waals surface area (Å²) >= 11 is 0. The number of carbonyl (C=O) groups excluding carboxylic acids is 1. The Bertz CT molecular complexity index is 813. The third-order valence-corrected chi connectivity index (χ3v) is 3.95. The smallest absolute Gasteiger partial charge is 0.258 e. The van der Waals surface area contributed by atoms with Gasteiger partial charge in [-0.1, -0.05) is 34.9 Å². The van der Waals surface area contributed by atoms with Crippen LogP contribution in [-0.2, 0) is 6.54 Å². The number of hydrogen-bond acceptors (Lipinski definition) is 2. The largest absolute Gasteiger partial charge is 0.467 e. The molecule has 0 bridgehead atoms. The molecule has 1 heterocycles. The van der Waals surface area contributed by atoms with Gasteiger partial charge in [-0.2, -0.15) is 0 Å². The predicted molar refractivity (Wildman–Crippen MR) is 96.3 cm³/mol. The molecule has 1 amide bonds. The van der Waals surface area contributed by atoms with E-state index in [1.165, 1.54) is 0 Å². The van der Waals surface area contributed by atoms with Crippen molar-refractivity contribution in [2.24, 2.45) is 0 Å². The number of carbonyl (C=O) groups is 1. The highest BCUT2D eigenvalue weighted by Gasteiger charge is 2.19. The average molecular weight is 319 g/mol. The summed E-state index contributed by atoms with van der Waals surface area (Å²) < 4.78 is 5.45. The van der Waals surface area contributed by atoms with Crippen molar-refractivity contribution in [3.8, 4) is 0 Å². The Morgan fingerprint density at radius 2 is 1.58 bits per heavy atom. The minimum Gasteiger partial charge on any atom is -0.467 e. The molecule has 0 N–H and O–H groups in total. The van der Waals surface area contributed by atoms with Gasteiger partial charge in [-0.15, -0.1) is 0 Å². The molecule has 0 unspecified atom stereocenters. The van der Waals surface area contributed by atoms with E-state index in [9.17, 15) is 4.79 Å². The third kappa shape index (κ3) is 3.57. The van der Waals surface area contributed by atoms with Crippen molar-refractivity contribution >= 4 is 11.6 Å². The number of rotatable bonds is 4. The number of nitrogens with zero attached hydrogens (tertiary/aromatic N) is 1. The maximum absolute atomic E-state index is 13.1. The first-order valence-electron chi connectivity index (χ1n) is 8.02. The molecule has 24 heavy (non-hydrogen) atoms. The van der Waals surface area contributed by atoms with Gasteiger partial charge in [-0.25, -0.2) is 0 Å². The number of hydrogen-bond donors (Lipinski definition) is 0. The standard InChI is InChI=1S/C21H21NO2/c1-15-6-8-19(9-7-15)22(14-20-5-4-10-24-20)21(23)18-12-16(2)11-17(3)13-18/h4-13H,14H2,1-3H3. The average Bonchev–Trinajstić information content (AvgIpc) is 3.05. The van der Waals surface area contributed by atoms with Gasteiger partial charge in [0.1, 0.15) is 5.76 Å². The maximum atomic E-state index is 13.1. The zero-order chi connectivity index (χ0) is 17.1. The maximum Gasteiger partial charge on any atom is 0.258 e. The fourth-order valence-electron chi connectivity index (χ4n) is 2.82. The van der Waals surface area contributed by atoms with Gasteiger partial charge >= 0.3 is 0 Å². The lowest BCUT2D eigenvalue weighted by molar-refractivity contribution is 0.0983. The van der Waals surface area contributed by atoms with Crippen molar-refractivity contribution < 1.29 is 9.21 Å². The monoisotopic (exact) mass is 319 g/mol. The van der Waals surface area contributed by atoms with E-state index < -0.39 is 0 Å². The van der Waals surface area contributed by atoms with Crippen LogP contribution in [0.15, 0.2) is 65.3 Å². The molecule has 3 nitrogen and oxygen atoms in total. The van der Waals surface area contributed by atoms with Gasteiger partial charge in [0.2, 0.25) is 0 Å². The number of anilines is 1. The molecule has 0 saturated carbocycles. The lowest BCUT2D eigenvalue weighted by Crippen LogP contribution is -2.30. The lowest BCUT2D eigenvalue weighted by atomic mass is 10.1. The number of aryl methyl sites for hydroxylation is 3. The van der Waals surface area contributed by atoms with E-state index in [4.69, 9.17) is 4.42 Å². The highest BCUT2D eigenvalue weighted by atomic mass is 16.3. The van der Waals surface area contributed by atoms with E-state index in [1.807, 2.05) is 69.3 Å². The van der Waals surface area contributed by atoms with Crippen molar-refractivity contribution in [2.45, 2.75) is 27.3 Å². The second kappa shape index (κ2) is 6.75. The van der Waals surface area contributed by atoms with Gasteiger partial charge in [0.25, 0.3) is 5.91 Å². The molecule has 3 rings (SSSR count). The summed E-state index contributed by atoms with van der Waals surface area (Å²) in [6.07, 6.45) is 1.63. The van der Waals surface area contributed by atoms with Crippen LogP contribution in [0.5, 0.6) is 0 Å². The lowest BCUT2D eigenvalue weighted by Gasteiger charge is -2.22. The molecular weight excluding hydrogens is 298 g/mol. The molecule has 0 fully saturated rings. The predicted octanol–water partition coefficient (Wildman–Crippen LogP) is 5.05. The van der Waals surface area contributed by atoms with Crippen molar-refractivity contribution in [1.82, 2.24) is 0 Å². The van der Waals surface area contributed by atoms with E-state index in [0.717, 1.165) is 28.1 Å². The highest BCUT2D eigenvalue weighted by molar-refractivity contribution is 6.06. The summed E-state index contributed by atoms with van der Waals surface area (Å²) in [6.45, 7) is 6.45. The van der Waals surface area contributed by atoms with Gasteiger partial charge in [-0.3, -0.25) is 4.79 Å². The Labute approximate surface area is 142 Å². The normalized spacial score (nSPS) is 10.6. The summed E-state index contributed by atoms with van der Waals surface area (Å²) in [5.41, 5.74) is 4.89. The van der Waals surface area contributed by atoms with E-state index in [1.54, 1.807) is 11.2 Å². The molecule has 0 aliphatic rings. The van der Waals surface area contributed by atoms with Crippen molar-refractivity contribution in [3.05, 3.63) is 88.9 Å². The summed E-state index contributed by atoms with van der Waals surface area (Å²) in [4.78, 5) is 14.9. The molecular formula is C21H21NO2. The Morgan fingerprint density at radius 3 is 2.17 bits per heavy atom. The SMILES string of the molecule is Cc1ccc(N(Cc2ccco2)C(=O)c2cc(C)cc(C)c2)cc1. The molecule has 0 aliphatic carbocycles. The van der Waals surface area contributed by atoms with Crippen LogP contribution in [0.1, 0.15) is 32.8 Å². The summed E-state index contributed by atoms with van der Waals surface area (Å²) in [5, 5.41) is 0. The Balaban J connectivity index is 1.99. The molecule has 1 aromatic heterocycles. The van der Waals surface area contributed by atoms with E-state index in [-0.39, 0.29) is 5.91 Å². The second-order valence-electron chi connectivity index (χ2n) is 6.18. The summed E-state index contributed by atoms with van der Waals surface area (Å²) in [6, 6.07) is 17.6. The zero-order valence-corrected chi connectivity index (χ0v) is 14.2. The number of furan rings is 1. The van der Waals surface area contributed by atoms with Gasteiger partial charge < -0.3 is 9.32 Å². The van der Waals surface area contributed by atoms with E-state index in [2.05, 4.69) is 6.07 Å². The zero-order valence-electron chi connectivity index (χ0n) is 14.2. The van der Waals surface area contributed by atoms with Crippen LogP contribution in [0.2, 0.25) is 0 Å².